The molecule has 0 aromatic heterocycles. The highest BCUT2D eigenvalue weighted by atomic mass is 16.4. The number of amides is 1. The maximum atomic E-state index is 12.1. The summed E-state index contributed by atoms with van der Waals surface area (Å²) in [5, 5.41) is 9.11. The standard InChI is InChI=1S/C15H26N2O3/c1-14(2)7-11(8-15(3,4)16(14)5)17-9-10(13(19)20)6-12(17)18/h10-11H,6-9H2,1-5H3,(H,19,20). The van der Waals surface area contributed by atoms with Crippen molar-refractivity contribution < 1.29 is 14.7 Å². The van der Waals surface area contributed by atoms with Gasteiger partial charge in [0.1, 0.15) is 0 Å². The van der Waals surface area contributed by atoms with Gasteiger partial charge in [-0.25, -0.2) is 0 Å². The van der Waals surface area contributed by atoms with Crippen molar-refractivity contribution >= 4 is 11.9 Å². The first-order chi connectivity index (χ1) is 9.04. The number of rotatable bonds is 2. The Hall–Kier alpha value is -1.10. The first-order valence-corrected chi connectivity index (χ1v) is 7.31. The number of likely N-dealkylation sites (tertiary alicyclic amines) is 2. The molecule has 0 aromatic rings. The highest BCUT2D eigenvalue weighted by Crippen LogP contribution is 2.40. The van der Waals surface area contributed by atoms with Crippen LogP contribution in [0, 0.1) is 5.92 Å². The molecule has 0 bridgehead atoms. The molecule has 0 radical (unpaired) electrons. The zero-order valence-corrected chi connectivity index (χ0v) is 13.1. The Bertz CT molecular complexity index is 413. The van der Waals surface area contributed by atoms with Crippen LogP contribution in [0.1, 0.15) is 47.0 Å². The average molecular weight is 282 g/mol. The Morgan fingerprint density at radius 1 is 1.20 bits per heavy atom. The Labute approximate surface area is 120 Å². The molecule has 2 aliphatic heterocycles. The zero-order valence-electron chi connectivity index (χ0n) is 13.1. The van der Waals surface area contributed by atoms with Crippen molar-refractivity contribution in [3.05, 3.63) is 0 Å². The highest BCUT2D eigenvalue weighted by molar-refractivity contribution is 5.86. The predicted molar refractivity (Wildman–Crippen MR) is 76.4 cm³/mol. The minimum atomic E-state index is -0.854. The van der Waals surface area contributed by atoms with Gasteiger partial charge in [-0.3, -0.25) is 14.5 Å². The normalized spacial score (nSPS) is 30.8. The molecule has 5 nitrogen and oxygen atoms in total. The van der Waals surface area contributed by atoms with Gasteiger partial charge in [-0.15, -0.1) is 0 Å². The van der Waals surface area contributed by atoms with Crippen LogP contribution in [0.3, 0.4) is 0 Å². The molecule has 0 saturated carbocycles. The smallest absolute Gasteiger partial charge is 0.308 e. The van der Waals surface area contributed by atoms with E-state index in [9.17, 15) is 9.59 Å². The summed E-state index contributed by atoms with van der Waals surface area (Å²) in [5.74, 6) is -1.39. The van der Waals surface area contributed by atoms with E-state index in [1.54, 1.807) is 0 Å². The van der Waals surface area contributed by atoms with Crippen LogP contribution < -0.4 is 0 Å². The van der Waals surface area contributed by atoms with Gasteiger partial charge in [0.25, 0.3) is 0 Å². The summed E-state index contributed by atoms with van der Waals surface area (Å²) in [5.41, 5.74) is 0.0159. The monoisotopic (exact) mass is 282 g/mol. The van der Waals surface area contributed by atoms with E-state index in [0.29, 0.717) is 6.54 Å². The fourth-order valence-electron chi connectivity index (χ4n) is 3.79. The third-order valence-corrected chi connectivity index (χ3v) is 5.23. The lowest BCUT2D eigenvalue weighted by atomic mass is 9.77. The Morgan fingerprint density at radius 3 is 2.10 bits per heavy atom. The van der Waals surface area contributed by atoms with Crippen molar-refractivity contribution in [1.82, 2.24) is 9.80 Å². The molecule has 1 unspecified atom stereocenters. The molecule has 5 heteroatoms. The summed E-state index contributed by atoms with van der Waals surface area (Å²) >= 11 is 0. The van der Waals surface area contributed by atoms with Crippen LogP contribution in [-0.4, -0.2) is 57.5 Å². The van der Waals surface area contributed by atoms with Crippen LogP contribution >= 0.6 is 0 Å². The second-order valence-electron chi connectivity index (χ2n) is 7.53. The summed E-state index contributed by atoms with van der Waals surface area (Å²) in [7, 11) is 2.13. The number of hydrogen-bond donors (Lipinski definition) is 1. The number of carboxylic acids is 1. The average Bonchev–Trinajstić information content (AvgIpc) is 2.67. The molecule has 1 amide bonds. The maximum absolute atomic E-state index is 12.1. The van der Waals surface area contributed by atoms with Crippen molar-refractivity contribution in [1.29, 1.82) is 0 Å². The van der Waals surface area contributed by atoms with E-state index in [1.165, 1.54) is 0 Å². The largest absolute Gasteiger partial charge is 0.481 e. The molecule has 2 saturated heterocycles. The van der Waals surface area contributed by atoms with Gasteiger partial charge in [-0.2, -0.15) is 0 Å². The molecule has 1 N–H and O–H groups in total. The van der Waals surface area contributed by atoms with Crippen molar-refractivity contribution in [2.75, 3.05) is 13.6 Å². The van der Waals surface area contributed by atoms with Crippen LogP contribution in [0.5, 0.6) is 0 Å². The topological polar surface area (TPSA) is 60.9 Å². The van der Waals surface area contributed by atoms with Gasteiger partial charge in [0.15, 0.2) is 0 Å². The first-order valence-electron chi connectivity index (χ1n) is 7.31. The molecular weight excluding hydrogens is 256 g/mol. The fraction of sp³-hybridized carbons (Fsp3) is 0.867. The summed E-state index contributed by atoms with van der Waals surface area (Å²) in [6.07, 6.45) is 1.94. The molecule has 2 heterocycles. The number of piperidine rings is 1. The lowest BCUT2D eigenvalue weighted by Crippen LogP contribution is -2.62. The van der Waals surface area contributed by atoms with Crippen LogP contribution in [0.15, 0.2) is 0 Å². The second kappa shape index (κ2) is 4.72. The highest BCUT2D eigenvalue weighted by Gasteiger charge is 2.48. The molecule has 20 heavy (non-hydrogen) atoms. The lowest BCUT2D eigenvalue weighted by Gasteiger charge is -2.55. The van der Waals surface area contributed by atoms with Gasteiger partial charge in [-0.1, -0.05) is 0 Å². The molecule has 0 aromatic carbocycles. The van der Waals surface area contributed by atoms with E-state index in [0.717, 1.165) is 12.8 Å². The van der Waals surface area contributed by atoms with Crippen molar-refractivity contribution in [3.63, 3.8) is 0 Å². The Kier molecular flexibility index (Phi) is 3.61. The van der Waals surface area contributed by atoms with Crippen LogP contribution in [0.2, 0.25) is 0 Å². The molecule has 114 valence electrons. The van der Waals surface area contributed by atoms with Gasteiger partial charge in [0.05, 0.1) is 5.92 Å². The van der Waals surface area contributed by atoms with Gasteiger partial charge < -0.3 is 10.0 Å². The van der Waals surface area contributed by atoms with Gasteiger partial charge in [0.2, 0.25) is 5.91 Å². The molecular formula is C15H26N2O3. The lowest BCUT2D eigenvalue weighted by molar-refractivity contribution is -0.141. The molecule has 0 aliphatic carbocycles. The number of carbonyl (C=O) groups excluding carboxylic acids is 1. The Balaban J connectivity index is 2.18. The summed E-state index contributed by atoms with van der Waals surface area (Å²) in [4.78, 5) is 27.4. The van der Waals surface area contributed by atoms with Crippen molar-refractivity contribution in [2.24, 2.45) is 5.92 Å². The second-order valence-corrected chi connectivity index (χ2v) is 7.53. The molecule has 2 fully saturated rings. The van der Waals surface area contributed by atoms with E-state index in [1.807, 2.05) is 4.90 Å². The van der Waals surface area contributed by atoms with E-state index < -0.39 is 11.9 Å². The minimum absolute atomic E-state index is 0.00134. The Morgan fingerprint density at radius 2 is 1.70 bits per heavy atom. The zero-order chi connectivity index (χ0) is 15.3. The predicted octanol–water partition coefficient (Wildman–Crippen LogP) is 1.57. The number of carboxylic acid groups (broad SMARTS) is 1. The quantitative estimate of drug-likeness (QED) is 0.835. The molecule has 2 aliphatic rings. The summed E-state index contributed by atoms with van der Waals surface area (Å²) in [6.45, 7) is 9.13. The van der Waals surface area contributed by atoms with Crippen LogP contribution in [0.4, 0.5) is 0 Å². The number of carbonyl (C=O) groups is 2. The van der Waals surface area contributed by atoms with E-state index in [2.05, 4.69) is 39.6 Å². The van der Waals surface area contributed by atoms with E-state index in [4.69, 9.17) is 5.11 Å². The van der Waals surface area contributed by atoms with Crippen LogP contribution in [-0.2, 0) is 9.59 Å². The number of nitrogens with zero attached hydrogens (tertiary/aromatic N) is 2. The third kappa shape index (κ3) is 2.55. The van der Waals surface area contributed by atoms with Crippen LogP contribution in [0.25, 0.3) is 0 Å². The van der Waals surface area contributed by atoms with Gasteiger partial charge >= 0.3 is 5.97 Å². The first kappa shape index (κ1) is 15.3. The van der Waals surface area contributed by atoms with Crippen molar-refractivity contribution in [3.8, 4) is 0 Å². The maximum Gasteiger partial charge on any atom is 0.308 e. The molecule has 2 rings (SSSR count). The fourth-order valence-corrected chi connectivity index (χ4v) is 3.79. The van der Waals surface area contributed by atoms with E-state index in [-0.39, 0.29) is 29.4 Å². The minimum Gasteiger partial charge on any atom is -0.481 e. The summed E-state index contributed by atoms with van der Waals surface area (Å²) in [6, 6.07) is 0.146. The number of hydrogen-bond acceptors (Lipinski definition) is 3. The van der Waals surface area contributed by atoms with Gasteiger partial charge in [-0.05, 0) is 47.6 Å². The third-order valence-electron chi connectivity index (χ3n) is 5.23. The van der Waals surface area contributed by atoms with Gasteiger partial charge in [0, 0.05) is 30.1 Å². The van der Waals surface area contributed by atoms with E-state index >= 15 is 0 Å². The molecule has 0 spiro atoms. The number of aliphatic carboxylic acids is 1. The van der Waals surface area contributed by atoms with Crippen molar-refractivity contribution in [2.45, 2.75) is 64.1 Å². The molecule has 1 atom stereocenters. The SMILES string of the molecule is CN1C(C)(C)CC(N2CC(C(=O)O)CC2=O)CC1(C)C. The summed E-state index contributed by atoms with van der Waals surface area (Å²) < 4.78 is 0.